The molecule has 0 saturated carbocycles. The molecule has 1 atom stereocenters. The number of primary amides is 1. The normalized spacial score (nSPS) is 20.4. The van der Waals surface area contributed by atoms with Crippen molar-refractivity contribution in [2.45, 2.75) is 38.5 Å². The van der Waals surface area contributed by atoms with Gasteiger partial charge in [0.05, 0.1) is 11.5 Å². The lowest BCUT2D eigenvalue weighted by Crippen LogP contribution is -2.29. The van der Waals surface area contributed by atoms with Crippen LogP contribution in [0.3, 0.4) is 0 Å². The SMILES string of the molecule is N#Cc1c(NC(=O)CCN2CC[C@H](C(N)=O)C2)sc2c1CCCC2. The summed E-state index contributed by atoms with van der Waals surface area (Å²) >= 11 is 1.55. The van der Waals surface area contributed by atoms with Crippen molar-refractivity contribution in [3.8, 4) is 6.07 Å². The van der Waals surface area contributed by atoms with Crippen LogP contribution in [0.5, 0.6) is 0 Å². The molecule has 3 N–H and O–H groups in total. The number of nitriles is 1. The lowest BCUT2D eigenvalue weighted by atomic mass is 9.96. The highest BCUT2D eigenvalue weighted by Crippen LogP contribution is 2.37. The van der Waals surface area contributed by atoms with Crippen molar-refractivity contribution in [2.75, 3.05) is 25.0 Å². The summed E-state index contributed by atoms with van der Waals surface area (Å²) < 4.78 is 0. The number of hydrogen-bond donors (Lipinski definition) is 2. The summed E-state index contributed by atoms with van der Waals surface area (Å²) in [5.41, 5.74) is 7.11. The predicted octanol–water partition coefficient (Wildman–Crippen LogP) is 1.63. The lowest BCUT2D eigenvalue weighted by molar-refractivity contribution is -0.121. The van der Waals surface area contributed by atoms with E-state index in [0.29, 0.717) is 30.1 Å². The monoisotopic (exact) mass is 346 g/mol. The minimum Gasteiger partial charge on any atom is -0.369 e. The molecule has 1 aromatic heterocycles. The van der Waals surface area contributed by atoms with Gasteiger partial charge in [0.1, 0.15) is 11.1 Å². The van der Waals surface area contributed by atoms with Crippen LogP contribution in [0.2, 0.25) is 0 Å². The van der Waals surface area contributed by atoms with E-state index in [2.05, 4.69) is 16.3 Å². The Morgan fingerprint density at radius 1 is 1.38 bits per heavy atom. The Labute approximate surface area is 145 Å². The van der Waals surface area contributed by atoms with Gasteiger partial charge in [-0.25, -0.2) is 0 Å². The molecule has 1 aromatic rings. The maximum Gasteiger partial charge on any atom is 0.226 e. The third-order valence-corrected chi connectivity index (χ3v) is 6.07. The average molecular weight is 346 g/mol. The second-order valence-corrected chi connectivity index (χ2v) is 7.62. The van der Waals surface area contributed by atoms with Crippen molar-refractivity contribution in [2.24, 2.45) is 11.7 Å². The number of fused-ring (bicyclic) bond motifs is 1. The molecule has 3 rings (SSSR count). The highest BCUT2D eigenvalue weighted by molar-refractivity contribution is 7.16. The zero-order valence-electron chi connectivity index (χ0n) is 13.6. The fraction of sp³-hybridized carbons (Fsp3) is 0.588. The number of nitrogens with one attached hydrogen (secondary N) is 1. The van der Waals surface area contributed by atoms with Gasteiger partial charge in [0.25, 0.3) is 0 Å². The van der Waals surface area contributed by atoms with Crippen LogP contribution in [0.25, 0.3) is 0 Å². The molecule has 0 unspecified atom stereocenters. The number of carbonyl (C=O) groups excluding carboxylic acids is 2. The Bertz CT molecular complexity index is 691. The van der Waals surface area contributed by atoms with E-state index in [1.807, 2.05) is 0 Å². The molecule has 1 aliphatic carbocycles. The third kappa shape index (κ3) is 3.60. The zero-order chi connectivity index (χ0) is 17.1. The summed E-state index contributed by atoms with van der Waals surface area (Å²) in [6, 6.07) is 2.26. The van der Waals surface area contributed by atoms with Gasteiger partial charge in [-0.15, -0.1) is 11.3 Å². The number of amides is 2. The number of anilines is 1. The lowest BCUT2D eigenvalue weighted by Gasteiger charge is -2.14. The second-order valence-electron chi connectivity index (χ2n) is 6.51. The highest BCUT2D eigenvalue weighted by Gasteiger charge is 2.27. The van der Waals surface area contributed by atoms with Gasteiger partial charge in [0.2, 0.25) is 11.8 Å². The Morgan fingerprint density at radius 2 is 2.17 bits per heavy atom. The molecule has 2 heterocycles. The van der Waals surface area contributed by atoms with Gasteiger partial charge in [-0.05, 0) is 44.2 Å². The summed E-state index contributed by atoms with van der Waals surface area (Å²) in [6.07, 6.45) is 5.34. The van der Waals surface area contributed by atoms with Crippen molar-refractivity contribution in [1.29, 1.82) is 5.26 Å². The Morgan fingerprint density at radius 3 is 2.88 bits per heavy atom. The molecule has 0 bridgehead atoms. The van der Waals surface area contributed by atoms with E-state index in [1.54, 1.807) is 11.3 Å². The molecule has 2 amide bonds. The molecule has 0 spiro atoms. The molecule has 0 aromatic carbocycles. The summed E-state index contributed by atoms with van der Waals surface area (Å²) in [7, 11) is 0. The number of hydrogen-bond acceptors (Lipinski definition) is 5. The number of rotatable bonds is 5. The van der Waals surface area contributed by atoms with E-state index in [-0.39, 0.29) is 17.7 Å². The summed E-state index contributed by atoms with van der Waals surface area (Å²) in [6.45, 7) is 2.06. The Hall–Kier alpha value is -1.91. The first kappa shape index (κ1) is 16.9. The number of likely N-dealkylation sites (tertiary alicyclic amines) is 1. The van der Waals surface area contributed by atoms with Crippen LogP contribution < -0.4 is 11.1 Å². The van der Waals surface area contributed by atoms with E-state index in [1.165, 1.54) is 4.88 Å². The van der Waals surface area contributed by atoms with Gasteiger partial charge >= 0.3 is 0 Å². The molecular weight excluding hydrogens is 324 g/mol. The number of nitrogens with two attached hydrogens (primary N) is 1. The minimum absolute atomic E-state index is 0.0763. The number of nitrogens with zero attached hydrogens (tertiary/aromatic N) is 2. The van der Waals surface area contributed by atoms with Crippen molar-refractivity contribution in [1.82, 2.24) is 4.90 Å². The third-order valence-electron chi connectivity index (χ3n) is 4.87. The van der Waals surface area contributed by atoms with Crippen LogP contribution in [0.4, 0.5) is 5.00 Å². The van der Waals surface area contributed by atoms with Crippen LogP contribution in [-0.2, 0) is 22.4 Å². The minimum atomic E-state index is -0.259. The largest absolute Gasteiger partial charge is 0.369 e. The van der Waals surface area contributed by atoms with E-state index in [0.717, 1.165) is 44.2 Å². The average Bonchev–Trinajstić information content (AvgIpc) is 3.17. The van der Waals surface area contributed by atoms with Gasteiger partial charge in [-0.1, -0.05) is 0 Å². The summed E-state index contributed by atoms with van der Waals surface area (Å²) in [5, 5.41) is 13.0. The van der Waals surface area contributed by atoms with E-state index >= 15 is 0 Å². The molecular formula is C17H22N4O2S. The number of thiophene rings is 1. The molecule has 0 radical (unpaired) electrons. The Kier molecular flexibility index (Phi) is 5.17. The molecule has 6 nitrogen and oxygen atoms in total. The van der Waals surface area contributed by atoms with Crippen molar-refractivity contribution in [3.05, 3.63) is 16.0 Å². The number of carbonyl (C=O) groups is 2. The molecule has 7 heteroatoms. The van der Waals surface area contributed by atoms with Crippen LogP contribution in [-0.4, -0.2) is 36.3 Å². The zero-order valence-corrected chi connectivity index (χ0v) is 14.5. The van der Waals surface area contributed by atoms with Crippen LogP contribution in [0, 0.1) is 17.2 Å². The van der Waals surface area contributed by atoms with Crippen molar-refractivity contribution >= 4 is 28.2 Å². The first-order valence-electron chi connectivity index (χ1n) is 8.44. The van der Waals surface area contributed by atoms with E-state index in [4.69, 9.17) is 5.73 Å². The van der Waals surface area contributed by atoms with Gasteiger partial charge < -0.3 is 16.0 Å². The first-order valence-corrected chi connectivity index (χ1v) is 9.26. The smallest absolute Gasteiger partial charge is 0.226 e. The van der Waals surface area contributed by atoms with Crippen LogP contribution >= 0.6 is 11.3 Å². The molecule has 1 aliphatic heterocycles. The molecule has 2 aliphatic rings. The van der Waals surface area contributed by atoms with E-state index < -0.39 is 0 Å². The van der Waals surface area contributed by atoms with Gasteiger partial charge in [-0.3, -0.25) is 9.59 Å². The molecule has 24 heavy (non-hydrogen) atoms. The fourth-order valence-corrected chi connectivity index (χ4v) is 4.74. The van der Waals surface area contributed by atoms with E-state index in [9.17, 15) is 14.9 Å². The maximum atomic E-state index is 12.2. The van der Waals surface area contributed by atoms with Crippen LogP contribution in [0.15, 0.2) is 0 Å². The first-order chi connectivity index (χ1) is 11.6. The van der Waals surface area contributed by atoms with Gasteiger partial charge in [0.15, 0.2) is 0 Å². The quantitative estimate of drug-likeness (QED) is 0.846. The van der Waals surface area contributed by atoms with Crippen molar-refractivity contribution < 1.29 is 9.59 Å². The topological polar surface area (TPSA) is 99.2 Å². The highest BCUT2D eigenvalue weighted by atomic mass is 32.1. The van der Waals surface area contributed by atoms with Crippen molar-refractivity contribution in [3.63, 3.8) is 0 Å². The molecule has 128 valence electrons. The summed E-state index contributed by atoms with van der Waals surface area (Å²) in [4.78, 5) is 26.8. The van der Waals surface area contributed by atoms with Crippen LogP contribution in [0.1, 0.15) is 41.7 Å². The second kappa shape index (κ2) is 7.32. The standard InChI is InChI=1S/C17H22N4O2S/c18-9-13-12-3-1-2-4-14(12)24-17(13)20-15(22)6-8-21-7-5-11(10-21)16(19)23/h11H,1-8,10H2,(H2,19,23)(H,20,22)/t11-/m0/s1. The fourth-order valence-electron chi connectivity index (χ4n) is 3.49. The Balaban J connectivity index is 1.55. The predicted molar refractivity (Wildman–Crippen MR) is 92.7 cm³/mol. The maximum absolute atomic E-state index is 12.2. The number of aryl methyl sites for hydroxylation is 1. The van der Waals surface area contributed by atoms with Gasteiger partial charge in [-0.2, -0.15) is 5.26 Å². The van der Waals surface area contributed by atoms with Gasteiger partial charge in [0, 0.05) is 24.4 Å². The summed E-state index contributed by atoms with van der Waals surface area (Å²) in [5.74, 6) is -0.431. The molecule has 1 fully saturated rings. The molecule has 1 saturated heterocycles.